The number of carboxylic acid groups (broad SMARTS) is 1. The fourth-order valence-corrected chi connectivity index (χ4v) is 13.5. The Morgan fingerprint density at radius 2 is 0.694 bits per heavy atom. The van der Waals surface area contributed by atoms with Crippen molar-refractivity contribution in [3.05, 3.63) is 180 Å². The van der Waals surface area contributed by atoms with Crippen LogP contribution in [0.4, 0.5) is 0 Å². The summed E-state index contributed by atoms with van der Waals surface area (Å²) < 4.78 is 0. The maximum atomic E-state index is 15.5. The number of nitrogens with one attached hydrogen (secondary N) is 15. The van der Waals surface area contributed by atoms with Crippen LogP contribution in [-0.2, 0) is 104 Å². The number of unbranched alkanes of at least 4 members (excludes halogenated alkanes) is 2. The van der Waals surface area contributed by atoms with Gasteiger partial charge >= 0.3 is 5.97 Å². The van der Waals surface area contributed by atoms with E-state index in [1.54, 1.807) is 152 Å². The Hall–Kier alpha value is -11.9. The summed E-state index contributed by atoms with van der Waals surface area (Å²) >= 11 is 8.14. The van der Waals surface area contributed by atoms with Crippen LogP contribution in [0.2, 0.25) is 0 Å². The van der Waals surface area contributed by atoms with Crippen LogP contribution in [0.15, 0.2) is 152 Å². The highest BCUT2D eigenvalue weighted by Gasteiger charge is 2.40. The molecule has 0 unspecified atom stereocenters. The third kappa shape index (κ3) is 33.7. The van der Waals surface area contributed by atoms with Gasteiger partial charge in [0, 0.05) is 73.8 Å². The second-order valence-corrected chi connectivity index (χ2v) is 30.3. The van der Waals surface area contributed by atoms with E-state index >= 15 is 19.2 Å². The van der Waals surface area contributed by atoms with Gasteiger partial charge in [0.05, 0.1) is 31.8 Å². The molecule has 6 rings (SSSR count). The van der Waals surface area contributed by atoms with Gasteiger partial charge in [-0.15, -0.1) is 0 Å². The summed E-state index contributed by atoms with van der Waals surface area (Å²) in [5.41, 5.74) is 26.0. The van der Waals surface area contributed by atoms with Crippen LogP contribution in [0.5, 0.6) is 0 Å². The van der Waals surface area contributed by atoms with E-state index in [-0.39, 0.29) is 89.1 Å². The number of benzene rings is 5. The summed E-state index contributed by atoms with van der Waals surface area (Å²) in [4.78, 5) is 215. The molecule has 0 fully saturated rings. The van der Waals surface area contributed by atoms with E-state index in [1.807, 2.05) is 0 Å². The second kappa shape index (κ2) is 53.2. The first-order valence-electron chi connectivity index (χ1n) is 40.6. The predicted octanol–water partition coefficient (Wildman–Crippen LogP) is -4.64. The number of aliphatic hydroxyl groups is 3. The average Bonchev–Trinajstić information content (AvgIpc) is 1.63. The monoisotopic (exact) mass is 1760 g/mol. The summed E-state index contributed by atoms with van der Waals surface area (Å²) in [5.74, 6) is -16.1. The zero-order valence-electron chi connectivity index (χ0n) is 68.9. The van der Waals surface area contributed by atoms with Crippen molar-refractivity contribution in [3.8, 4) is 0 Å². The van der Waals surface area contributed by atoms with Crippen molar-refractivity contribution in [3.63, 3.8) is 0 Å². The number of nitrogens with two attached hydrogens (primary N) is 4. The number of carbonyl (C=O) groups excluding carboxylic acids is 14. The van der Waals surface area contributed by atoms with Crippen LogP contribution in [0.3, 0.4) is 0 Å². The Kier molecular flexibility index (Phi) is 43.3. The molecule has 15 atom stereocenters. The minimum Gasteiger partial charge on any atom is -0.480 e. The van der Waals surface area contributed by atoms with Gasteiger partial charge in [0.1, 0.15) is 78.5 Å². The van der Waals surface area contributed by atoms with E-state index in [0.29, 0.717) is 64.5 Å². The SMILES string of the molecule is C[C@@H](O)[C@H](NC(=O)[C@H](Cc1ccccc1)NC(=O)[C@@H](NC(=O)[C@H](CCCCN)NC(=O)[C@@H](Cc1c[nH]c2ccccc12)NC(=O)[C@H](Cc1ccccc1)NC(=O)[C@H](Cc1ccccc1)NC(=O)[C@H](Cc1ccccc1)NC(=O)[C@H](CC(N)=O)NC(=O)[C@H](CCCCN)NC(=O)[C@H](CS)NC(=O)CNCCN)[C@@H](C)O)C(=O)N[C@@H](CO)C(=O)N[C@@H](CS)C(=O)O. The van der Waals surface area contributed by atoms with Gasteiger partial charge in [0.25, 0.3) is 0 Å². The number of aliphatic carboxylic acids is 1. The molecule has 6 aromatic rings. The molecule has 1 heterocycles. The summed E-state index contributed by atoms with van der Waals surface area (Å²) in [6.07, 6.45) is -3.05. The van der Waals surface area contributed by atoms with Crippen LogP contribution in [0.25, 0.3) is 10.9 Å². The van der Waals surface area contributed by atoms with Crippen LogP contribution >= 0.6 is 25.3 Å². The van der Waals surface area contributed by atoms with E-state index in [0.717, 1.165) is 13.8 Å². The van der Waals surface area contributed by atoms with Crippen molar-refractivity contribution in [2.24, 2.45) is 22.9 Å². The number of fused-ring (bicyclic) bond motifs is 1. The zero-order chi connectivity index (χ0) is 90.8. The summed E-state index contributed by atoms with van der Waals surface area (Å²) in [6, 6.07) is 19.1. The third-order valence-corrected chi connectivity index (χ3v) is 20.5. The minimum absolute atomic E-state index is 0.0313. The summed E-state index contributed by atoms with van der Waals surface area (Å²) in [6.45, 7) is 1.89. The van der Waals surface area contributed by atoms with E-state index in [2.05, 4.69) is 105 Å². The first-order chi connectivity index (χ1) is 59.4. The van der Waals surface area contributed by atoms with Crippen LogP contribution in [-0.4, -0.2) is 256 Å². The maximum Gasteiger partial charge on any atom is 0.327 e. The maximum absolute atomic E-state index is 15.5. The highest BCUT2D eigenvalue weighted by molar-refractivity contribution is 7.80. The van der Waals surface area contributed by atoms with Crippen LogP contribution in [0, 0.1) is 0 Å². The number of aliphatic hydroxyl groups excluding tert-OH is 3. The fourth-order valence-electron chi connectivity index (χ4n) is 13.0. The van der Waals surface area contributed by atoms with Crippen LogP contribution in [0.1, 0.15) is 86.6 Å². The standard InChI is InChI=1S/C84H115N19O19S2/c1-48(105)70(82(119)99-62(40-53-27-13-6-14-28-53)79(116)103-71(49(2)106)83(120)100-65(45-104)80(117)101-67(47-124)84(121)122)102-73(110)58(32-18-20-34-86)92-77(114)63(41-54-43-90-56-30-16-15-29-55(54)56)97-76(113)61(39-52-25-11-5-12-26-52)95-74(111)59(37-50-21-7-3-8-22-50)94-75(112)60(38-51-23-9-4-10-24-51)96-78(115)64(42-68(88)107)98-72(109)57(31-17-19-33-85)93-81(118)66(46-123)91-69(108)44-89-36-35-87/h3-16,21-30,43,48-49,57-67,70-71,89-90,104-106,123-124H,17-20,31-42,44-47,85-87H2,1-2H3,(H2,88,107)(H,91,108)(H,92,114)(H,93,118)(H,94,112)(H,95,111)(H,96,115)(H,97,113)(H,98,109)(H,99,119)(H,100,120)(H,101,117)(H,102,110)(H,103,116)(H,121,122)/t48-,49-,57+,58+,59+,60+,61+,62+,63-,64+,65+,66+,67+,70+,71+/m1/s1. The molecule has 0 aliphatic heterocycles. The lowest BCUT2D eigenvalue weighted by Crippen LogP contribution is -2.63. The highest BCUT2D eigenvalue weighted by Crippen LogP contribution is 2.21. The average molecular weight is 1760 g/mol. The molecular weight excluding hydrogens is 1640 g/mol. The van der Waals surface area contributed by atoms with Crippen molar-refractivity contribution in [1.29, 1.82) is 0 Å². The third-order valence-electron chi connectivity index (χ3n) is 19.8. The lowest BCUT2D eigenvalue weighted by atomic mass is 9.99. The van der Waals surface area contributed by atoms with Crippen LogP contribution < -0.4 is 97.4 Å². The van der Waals surface area contributed by atoms with Gasteiger partial charge < -0.3 is 123 Å². The van der Waals surface area contributed by atoms with E-state index in [4.69, 9.17) is 22.9 Å². The summed E-state index contributed by atoms with van der Waals surface area (Å²) in [5, 5.41) is 78.2. The number of primary amides is 1. The van der Waals surface area contributed by atoms with Gasteiger partial charge in [-0.3, -0.25) is 67.1 Å². The Labute approximate surface area is 727 Å². The van der Waals surface area contributed by atoms with Gasteiger partial charge in [-0.25, -0.2) is 4.79 Å². The molecule has 672 valence electrons. The van der Waals surface area contributed by atoms with E-state index < -0.39 is 192 Å². The smallest absolute Gasteiger partial charge is 0.327 e. The number of amides is 14. The number of hydrogen-bond acceptors (Lipinski definition) is 24. The topological polar surface area (TPSA) is 625 Å². The number of aromatic nitrogens is 1. The zero-order valence-corrected chi connectivity index (χ0v) is 70.6. The number of carbonyl (C=O) groups is 15. The Bertz CT molecular complexity index is 4510. The lowest BCUT2D eigenvalue weighted by Gasteiger charge is -2.29. The molecule has 14 amide bonds. The second-order valence-electron chi connectivity index (χ2n) is 29.6. The number of H-pyrrole nitrogens is 1. The molecule has 124 heavy (non-hydrogen) atoms. The van der Waals surface area contributed by atoms with E-state index in [9.17, 15) is 73.2 Å². The molecule has 0 aliphatic carbocycles. The quantitative estimate of drug-likeness (QED) is 0.0126. The number of carboxylic acids is 1. The number of para-hydroxylation sites is 1. The molecular formula is C84H115N19O19S2. The molecule has 27 N–H and O–H groups in total. The molecule has 0 spiro atoms. The van der Waals surface area contributed by atoms with Gasteiger partial charge in [-0.05, 0) is 99.3 Å². The van der Waals surface area contributed by atoms with Crippen molar-refractivity contribution in [2.75, 3.05) is 50.8 Å². The highest BCUT2D eigenvalue weighted by atomic mass is 32.1. The minimum atomic E-state index is -1.91. The molecule has 0 saturated heterocycles. The van der Waals surface area contributed by atoms with Gasteiger partial charge in [0.2, 0.25) is 82.7 Å². The van der Waals surface area contributed by atoms with Gasteiger partial charge in [0.15, 0.2) is 0 Å². The Morgan fingerprint density at radius 1 is 0.371 bits per heavy atom. The number of aromatic amines is 1. The number of rotatable bonds is 55. The Morgan fingerprint density at radius 3 is 1.07 bits per heavy atom. The normalized spacial score (nSPS) is 14.8. The van der Waals surface area contributed by atoms with Crippen molar-refractivity contribution in [1.82, 2.24) is 79.4 Å². The van der Waals surface area contributed by atoms with Gasteiger partial charge in [-0.2, -0.15) is 25.3 Å². The Balaban J connectivity index is 1.31. The molecule has 5 aromatic carbocycles. The number of hydrogen-bond donors (Lipinski definition) is 25. The largest absolute Gasteiger partial charge is 0.480 e. The number of thiol groups is 2. The first-order valence-corrected chi connectivity index (χ1v) is 41.8. The molecule has 0 saturated carbocycles. The van der Waals surface area contributed by atoms with Crippen molar-refractivity contribution < 1.29 is 92.3 Å². The summed E-state index contributed by atoms with van der Waals surface area (Å²) in [7, 11) is 0. The first kappa shape index (κ1) is 101. The molecule has 0 bridgehead atoms. The molecule has 1 aromatic heterocycles. The van der Waals surface area contributed by atoms with E-state index in [1.165, 1.54) is 0 Å². The molecule has 40 heteroatoms. The van der Waals surface area contributed by atoms with Crippen molar-refractivity contribution >= 4 is 125 Å². The van der Waals surface area contributed by atoms with Gasteiger partial charge in [-0.1, -0.05) is 140 Å². The van der Waals surface area contributed by atoms with Crippen molar-refractivity contribution in [2.45, 2.75) is 182 Å². The molecule has 38 nitrogen and oxygen atoms in total. The fraction of sp³-hybridized carbons (Fsp3) is 0.440. The predicted molar refractivity (Wildman–Crippen MR) is 465 cm³/mol. The molecule has 0 radical (unpaired) electrons. The lowest BCUT2D eigenvalue weighted by molar-refractivity contribution is -0.142. The molecule has 0 aliphatic rings.